The number of hydrogen-bond donors (Lipinski definition) is 2. The Bertz CT molecular complexity index is 222. The summed E-state index contributed by atoms with van der Waals surface area (Å²) in [5.74, 6) is -0.402. The largest absolute Gasteiger partial charge is 0.379 e. The van der Waals surface area contributed by atoms with Crippen molar-refractivity contribution >= 4 is 5.91 Å². The second-order valence-corrected chi connectivity index (χ2v) is 4.66. The van der Waals surface area contributed by atoms with Crippen molar-refractivity contribution in [2.45, 2.75) is 45.7 Å². The van der Waals surface area contributed by atoms with E-state index in [1.807, 2.05) is 13.8 Å². The van der Waals surface area contributed by atoms with E-state index in [0.29, 0.717) is 13.2 Å². The van der Waals surface area contributed by atoms with Crippen molar-refractivity contribution in [1.29, 1.82) is 0 Å². The van der Waals surface area contributed by atoms with Gasteiger partial charge in [0.15, 0.2) is 0 Å². The van der Waals surface area contributed by atoms with Gasteiger partial charge in [0.25, 0.3) is 0 Å². The van der Waals surface area contributed by atoms with Crippen molar-refractivity contribution in [1.82, 2.24) is 5.32 Å². The molecule has 0 aromatic heterocycles. The summed E-state index contributed by atoms with van der Waals surface area (Å²) in [5.41, 5.74) is 4.55. The van der Waals surface area contributed by atoms with Gasteiger partial charge in [-0.15, -0.1) is 0 Å². The first kappa shape index (κ1) is 16.4. The Hall–Kier alpha value is -0.650. The number of nitrogens with one attached hydrogen (secondary N) is 1. The minimum absolute atomic E-state index is 0.174. The van der Waals surface area contributed by atoms with Crippen LogP contribution in [0.3, 0.4) is 0 Å². The van der Waals surface area contributed by atoms with Crippen LogP contribution in [0.4, 0.5) is 0 Å². The predicted molar refractivity (Wildman–Crippen MR) is 67.8 cm³/mol. The zero-order valence-corrected chi connectivity index (χ0v) is 11.4. The minimum Gasteiger partial charge on any atom is -0.379 e. The lowest BCUT2D eigenvalue weighted by atomic mass is 10.0. The van der Waals surface area contributed by atoms with Gasteiger partial charge in [-0.3, -0.25) is 10.1 Å². The van der Waals surface area contributed by atoms with E-state index in [-0.39, 0.29) is 12.6 Å². The minimum atomic E-state index is -0.821. The van der Waals surface area contributed by atoms with E-state index < -0.39 is 11.4 Å². The number of hydrogen-bond acceptors (Lipinski definition) is 4. The van der Waals surface area contributed by atoms with Crippen molar-refractivity contribution in [2.75, 3.05) is 26.4 Å². The van der Waals surface area contributed by atoms with Gasteiger partial charge in [0.05, 0.1) is 19.8 Å². The highest BCUT2D eigenvalue weighted by molar-refractivity contribution is 5.84. The number of primary amides is 1. The van der Waals surface area contributed by atoms with E-state index in [2.05, 4.69) is 12.2 Å². The first-order chi connectivity index (χ1) is 7.92. The summed E-state index contributed by atoms with van der Waals surface area (Å²) in [5, 5.41) is 3.12. The van der Waals surface area contributed by atoms with E-state index in [4.69, 9.17) is 15.2 Å². The molecule has 3 N–H and O–H groups in total. The fourth-order valence-electron chi connectivity index (χ4n) is 1.46. The highest BCUT2D eigenvalue weighted by atomic mass is 16.5. The molecule has 0 saturated heterocycles. The molecule has 5 heteroatoms. The number of nitrogens with two attached hydrogens (primary N) is 1. The van der Waals surface area contributed by atoms with Gasteiger partial charge >= 0.3 is 0 Å². The van der Waals surface area contributed by atoms with Crippen LogP contribution in [-0.2, 0) is 14.3 Å². The average Bonchev–Trinajstić information content (AvgIpc) is 2.22. The molecule has 5 nitrogen and oxygen atoms in total. The molecule has 0 aliphatic rings. The lowest BCUT2D eigenvalue weighted by molar-refractivity contribution is -0.127. The Kier molecular flexibility index (Phi) is 8.12. The maximum atomic E-state index is 11.4. The zero-order chi connectivity index (χ0) is 13.3. The summed E-state index contributed by atoms with van der Waals surface area (Å²) < 4.78 is 10.7. The average molecular weight is 246 g/mol. The summed E-state index contributed by atoms with van der Waals surface area (Å²) >= 11 is 0. The molecule has 1 atom stereocenters. The molecular formula is C12H26N2O3. The monoisotopic (exact) mass is 246 g/mol. The van der Waals surface area contributed by atoms with E-state index in [9.17, 15) is 4.79 Å². The Morgan fingerprint density at radius 3 is 2.35 bits per heavy atom. The SMILES string of the molecule is CCCOCCOCC(C)(NC(C)C)C(N)=O. The molecule has 0 radical (unpaired) electrons. The predicted octanol–water partition coefficient (Wildman–Crippen LogP) is 0.672. The van der Waals surface area contributed by atoms with Crippen molar-refractivity contribution in [3.63, 3.8) is 0 Å². The molecule has 0 aromatic rings. The van der Waals surface area contributed by atoms with Crippen LogP contribution in [0, 0.1) is 0 Å². The highest BCUT2D eigenvalue weighted by Gasteiger charge is 2.31. The van der Waals surface area contributed by atoms with Gasteiger partial charge in [-0.1, -0.05) is 6.92 Å². The van der Waals surface area contributed by atoms with Crippen LogP contribution in [-0.4, -0.2) is 43.9 Å². The Morgan fingerprint density at radius 1 is 1.29 bits per heavy atom. The summed E-state index contributed by atoms with van der Waals surface area (Å²) in [7, 11) is 0. The third-order valence-electron chi connectivity index (χ3n) is 2.26. The first-order valence-corrected chi connectivity index (χ1v) is 6.15. The third-order valence-corrected chi connectivity index (χ3v) is 2.26. The fraction of sp³-hybridized carbons (Fsp3) is 0.917. The number of ether oxygens (including phenoxy) is 2. The van der Waals surface area contributed by atoms with Crippen molar-refractivity contribution < 1.29 is 14.3 Å². The fourth-order valence-corrected chi connectivity index (χ4v) is 1.46. The Balaban J connectivity index is 3.89. The molecule has 0 spiro atoms. The molecule has 17 heavy (non-hydrogen) atoms. The van der Waals surface area contributed by atoms with Gasteiger partial charge < -0.3 is 15.2 Å². The van der Waals surface area contributed by atoms with E-state index in [0.717, 1.165) is 13.0 Å². The lowest BCUT2D eigenvalue weighted by Crippen LogP contribution is -2.58. The normalized spacial score (nSPS) is 14.9. The van der Waals surface area contributed by atoms with Gasteiger partial charge in [-0.2, -0.15) is 0 Å². The molecule has 1 unspecified atom stereocenters. The maximum absolute atomic E-state index is 11.4. The number of carbonyl (C=O) groups excluding carboxylic acids is 1. The van der Waals surface area contributed by atoms with E-state index in [1.165, 1.54) is 0 Å². The highest BCUT2D eigenvalue weighted by Crippen LogP contribution is 2.05. The van der Waals surface area contributed by atoms with Crippen molar-refractivity contribution in [3.8, 4) is 0 Å². The molecular weight excluding hydrogens is 220 g/mol. The molecule has 0 aromatic carbocycles. The topological polar surface area (TPSA) is 73.6 Å². The molecule has 1 amide bonds. The summed E-state index contributed by atoms with van der Waals surface area (Å²) in [6, 6.07) is 0.174. The Labute approximate surface area is 104 Å². The molecule has 0 aliphatic carbocycles. The quantitative estimate of drug-likeness (QED) is 0.556. The molecule has 102 valence electrons. The summed E-state index contributed by atoms with van der Waals surface area (Å²) in [6.07, 6.45) is 0.994. The van der Waals surface area contributed by atoms with Crippen LogP contribution in [0.15, 0.2) is 0 Å². The maximum Gasteiger partial charge on any atom is 0.239 e. The van der Waals surface area contributed by atoms with Gasteiger partial charge in [-0.25, -0.2) is 0 Å². The van der Waals surface area contributed by atoms with E-state index in [1.54, 1.807) is 6.92 Å². The smallest absolute Gasteiger partial charge is 0.239 e. The number of rotatable bonds is 10. The molecule has 0 heterocycles. The second kappa shape index (κ2) is 8.44. The van der Waals surface area contributed by atoms with Crippen LogP contribution in [0.5, 0.6) is 0 Å². The molecule has 0 fully saturated rings. The van der Waals surface area contributed by atoms with Gasteiger partial charge in [0, 0.05) is 12.6 Å². The van der Waals surface area contributed by atoms with Crippen LogP contribution in [0.1, 0.15) is 34.1 Å². The van der Waals surface area contributed by atoms with Crippen molar-refractivity contribution in [3.05, 3.63) is 0 Å². The molecule has 0 bridgehead atoms. The van der Waals surface area contributed by atoms with Crippen LogP contribution in [0.25, 0.3) is 0 Å². The Morgan fingerprint density at radius 2 is 1.88 bits per heavy atom. The molecule has 0 saturated carbocycles. The first-order valence-electron chi connectivity index (χ1n) is 6.15. The molecule has 0 aliphatic heterocycles. The van der Waals surface area contributed by atoms with Gasteiger partial charge in [-0.05, 0) is 27.2 Å². The standard InChI is InChI=1S/C12H26N2O3/c1-5-6-16-7-8-17-9-12(4,11(13)15)14-10(2)3/h10,14H,5-9H2,1-4H3,(H2,13,15). The van der Waals surface area contributed by atoms with Crippen LogP contribution >= 0.6 is 0 Å². The third kappa shape index (κ3) is 7.31. The zero-order valence-electron chi connectivity index (χ0n) is 11.4. The number of carbonyl (C=O) groups is 1. The number of amides is 1. The summed E-state index contributed by atoms with van der Waals surface area (Å²) in [4.78, 5) is 11.4. The summed E-state index contributed by atoms with van der Waals surface area (Å²) in [6.45, 7) is 9.75. The van der Waals surface area contributed by atoms with Crippen LogP contribution in [0.2, 0.25) is 0 Å². The van der Waals surface area contributed by atoms with Crippen LogP contribution < -0.4 is 11.1 Å². The second-order valence-electron chi connectivity index (χ2n) is 4.66. The van der Waals surface area contributed by atoms with Gasteiger partial charge in [0.2, 0.25) is 5.91 Å². The van der Waals surface area contributed by atoms with Gasteiger partial charge in [0.1, 0.15) is 5.54 Å². The molecule has 0 rings (SSSR count). The van der Waals surface area contributed by atoms with E-state index >= 15 is 0 Å². The van der Waals surface area contributed by atoms with Crippen molar-refractivity contribution in [2.24, 2.45) is 5.73 Å². The lowest BCUT2D eigenvalue weighted by Gasteiger charge is -2.29.